The zero-order chi connectivity index (χ0) is 15.2. The van der Waals surface area contributed by atoms with Gasteiger partial charge in [-0.2, -0.15) is 0 Å². The first-order chi connectivity index (χ1) is 10.1. The van der Waals surface area contributed by atoms with Crippen molar-refractivity contribution in [2.75, 3.05) is 17.7 Å². The Balaban J connectivity index is 1.84. The van der Waals surface area contributed by atoms with Crippen LogP contribution in [-0.2, 0) is 4.79 Å². The monoisotopic (exact) mass is 292 g/mol. The van der Waals surface area contributed by atoms with E-state index in [2.05, 4.69) is 5.32 Å². The molecule has 4 nitrogen and oxygen atoms in total. The molecule has 3 N–H and O–H groups in total. The standard InChI is InChI=1S/C15H14F2N2O2/c16-10-5-6-13(12(18)9-10)19-15(20)7-8-21-14-4-2-1-3-11(14)17/h1-6,9H,7-8,18H2,(H,19,20). The fraction of sp³-hybridized carbons (Fsp3) is 0.133. The Bertz CT molecular complexity index is 647. The Morgan fingerprint density at radius 1 is 1.19 bits per heavy atom. The molecule has 2 rings (SSSR count). The molecule has 0 saturated carbocycles. The lowest BCUT2D eigenvalue weighted by Gasteiger charge is -2.09. The van der Waals surface area contributed by atoms with Crippen LogP contribution in [0.25, 0.3) is 0 Å². The number of carbonyl (C=O) groups excluding carboxylic acids is 1. The largest absolute Gasteiger partial charge is 0.490 e. The van der Waals surface area contributed by atoms with Gasteiger partial charge >= 0.3 is 0 Å². The van der Waals surface area contributed by atoms with Gasteiger partial charge in [-0.25, -0.2) is 8.78 Å². The van der Waals surface area contributed by atoms with E-state index in [1.807, 2.05) is 0 Å². The van der Waals surface area contributed by atoms with Gasteiger partial charge in [0.1, 0.15) is 5.82 Å². The lowest BCUT2D eigenvalue weighted by molar-refractivity contribution is -0.116. The number of carbonyl (C=O) groups is 1. The number of amides is 1. The summed E-state index contributed by atoms with van der Waals surface area (Å²) >= 11 is 0. The van der Waals surface area contributed by atoms with Crippen molar-refractivity contribution in [2.24, 2.45) is 0 Å². The summed E-state index contributed by atoms with van der Waals surface area (Å²) in [5.74, 6) is -1.23. The van der Waals surface area contributed by atoms with Gasteiger partial charge in [0.05, 0.1) is 24.4 Å². The Morgan fingerprint density at radius 2 is 1.95 bits per heavy atom. The lowest BCUT2D eigenvalue weighted by Crippen LogP contribution is -2.16. The first-order valence-corrected chi connectivity index (χ1v) is 6.28. The van der Waals surface area contributed by atoms with Gasteiger partial charge < -0.3 is 15.8 Å². The predicted molar refractivity (Wildman–Crippen MR) is 76.0 cm³/mol. The molecule has 0 unspecified atom stereocenters. The molecule has 2 aromatic rings. The maximum absolute atomic E-state index is 13.3. The number of para-hydroxylation sites is 1. The summed E-state index contributed by atoms with van der Waals surface area (Å²) in [6.07, 6.45) is 0.0190. The van der Waals surface area contributed by atoms with Gasteiger partial charge in [0, 0.05) is 0 Å². The summed E-state index contributed by atoms with van der Waals surface area (Å²) < 4.78 is 31.3. The molecule has 0 heterocycles. The summed E-state index contributed by atoms with van der Waals surface area (Å²) in [4.78, 5) is 11.7. The van der Waals surface area contributed by atoms with Gasteiger partial charge in [-0.3, -0.25) is 4.79 Å². The molecule has 1 amide bonds. The van der Waals surface area contributed by atoms with E-state index >= 15 is 0 Å². The van der Waals surface area contributed by atoms with Gasteiger partial charge in [0.15, 0.2) is 11.6 Å². The number of halogens is 2. The Labute approximate surface area is 120 Å². The topological polar surface area (TPSA) is 64.3 Å². The summed E-state index contributed by atoms with van der Waals surface area (Å²) in [6.45, 7) is 0.0217. The highest BCUT2D eigenvalue weighted by molar-refractivity contribution is 5.93. The number of hydrogen-bond donors (Lipinski definition) is 2. The average Bonchev–Trinajstić information content (AvgIpc) is 2.44. The third-order valence-corrected chi connectivity index (χ3v) is 2.71. The zero-order valence-corrected chi connectivity index (χ0v) is 11.1. The maximum Gasteiger partial charge on any atom is 0.227 e. The zero-order valence-electron chi connectivity index (χ0n) is 11.1. The van der Waals surface area contributed by atoms with Gasteiger partial charge in [-0.05, 0) is 30.3 Å². The van der Waals surface area contributed by atoms with Crippen LogP contribution in [0, 0.1) is 11.6 Å². The molecule has 0 spiro atoms. The van der Waals surface area contributed by atoms with Crippen LogP contribution in [0.3, 0.4) is 0 Å². The molecule has 0 atom stereocenters. The van der Waals surface area contributed by atoms with E-state index in [1.54, 1.807) is 12.1 Å². The number of rotatable bonds is 5. The predicted octanol–water partition coefficient (Wildman–Crippen LogP) is 2.95. The van der Waals surface area contributed by atoms with E-state index in [1.165, 1.54) is 24.3 Å². The summed E-state index contributed by atoms with van der Waals surface area (Å²) in [5.41, 5.74) is 6.04. The van der Waals surface area contributed by atoms with E-state index in [-0.39, 0.29) is 30.4 Å². The number of ether oxygens (including phenoxy) is 1. The highest BCUT2D eigenvalue weighted by Gasteiger charge is 2.07. The third-order valence-electron chi connectivity index (χ3n) is 2.71. The normalized spacial score (nSPS) is 10.2. The molecule has 0 aliphatic heterocycles. The van der Waals surface area contributed by atoms with Crippen molar-refractivity contribution in [2.45, 2.75) is 6.42 Å². The van der Waals surface area contributed by atoms with Crippen molar-refractivity contribution in [1.82, 2.24) is 0 Å². The van der Waals surface area contributed by atoms with Crippen molar-refractivity contribution in [3.8, 4) is 5.75 Å². The van der Waals surface area contributed by atoms with Gasteiger partial charge in [0.25, 0.3) is 0 Å². The van der Waals surface area contributed by atoms with Crippen molar-refractivity contribution < 1.29 is 18.3 Å². The Morgan fingerprint density at radius 3 is 2.67 bits per heavy atom. The number of nitrogens with two attached hydrogens (primary N) is 1. The van der Waals surface area contributed by atoms with Crippen molar-refractivity contribution >= 4 is 17.3 Å². The van der Waals surface area contributed by atoms with Gasteiger partial charge in [0.2, 0.25) is 5.91 Å². The van der Waals surface area contributed by atoms with E-state index in [0.29, 0.717) is 5.69 Å². The molecular weight excluding hydrogens is 278 g/mol. The molecule has 0 fully saturated rings. The summed E-state index contributed by atoms with van der Waals surface area (Å²) in [5, 5.41) is 2.53. The number of hydrogen-bond acceptors (Lipinski definition) is 3. The lowest BCUT2D eigenvalue weighted by atomic mass is 10.2. The second kappa shape index (κ2) is 6.69. The fourth-order valence-electron chi connectivity index (χ4n) is 1.68. The second-order valence-electron chi connectivity index (χ2n) is 4.31. The van der Waals surface area contributed by atoms with Crippen molar-refractivity contribution in [1.29, 1.82) is 0 Å². The summed E-state index contributed by atoms with van der Waals surface area (Å²) in [6, 6.07) is 9.62. The molecule has 0 saturated heterocycles. The number of nitrogen functional groups attached to an aromatic ring is 1. The Kier molecular flexibility index (Phi) is 4.71. The van der Waals surface area contributed by atoms with Crippen LogP contribution in [0.1, 0.15) is 6.42 Å². The van der Waals surface area contributed by atoms with Gasteiger partial charge in [-0.15, -0.1) is 0 Å². The van der Waals surface area contributed by atoms with Crippen LogP contribution in [0.4, 0.5) is 20.2 Å². The SMILES string of the molecule is Nc1cc(F)ccc1NC(=O)CCOc1ccccc1F. The minimum Gasteiger partial charge on any atom is -0.490 e. The van der Waals surface area contributed by atoms with Crippen LogP contribution < -0.4 is 15.8 Å². The van der Waals surface area contributed by atoms with Crippen LogP contribution in [0.2, 0.25) is 0 Å². The first kappa shape index (κ1) is 14.8. The van der Waals surface area contributed by atoms with Gasteiger partial charge in [-0.1, -0.05) is 12.1 Å². The second-order valence-corrected chi connectivity index (χ2v) is 4.31. The van der Waals surface area contributed by atoms with Crippen LogP contribution in [0.5, 0.6) is 5.75 Å². The van der Waals surface area contributed by atoms with Crippen LogP contribution in [-0.4, -0.2) is 12.5 Å². The number of anilines is 2. The smallest absolute Gasteiger partial charge is 0.227 e. The van der Waals surface area contributed by atoms with E-state index in [0.717, 1.165) is 6.07 Å². The minimum atomic E-state index is -0.485. The van der Waals surface area contributed by atoms with E-state index < -0.39 is 11.6 Å². The van der Waals surface area contributed by atoms with Crippen molar-refractivity contribution in [3.63, 3.8) is 0 Å². The van der Waals surface area contributed by atoms with E-state index in [4.69, 9.17) is 10.5 Å². The average molecular weight is 292 g/mol. The van der Waals surface area contributed by atoms with Crippen molar-refractivity contribution in [3.05, 3.63) is 54.1 Å². The quantitative estimate of drug-likeness (QED) is 0.833. The maximum atomic E-state index is 13.3. The molecule has 2 aromatic carbocycles. The molecule has 6 heteroatoms. The molecule has 0 bridgehead atoms. The van der Waals surface area contributed by atoms with E-state index in [9.17, 15) is 13.6 Å². The molecule has 0 aromatic heterocycles. The number of benzene rings is 2. The molecule has 0 aliphatic rings. The minimum absolute atomic E-state index is 0.0190. The Hall–Kier alpha value is -2.63. The fourth-order valence-corrected chi connectivity index (χ4v) is 1.68. The number of nitrogens with one attached hydrogen (secondary N) is 1. The molecule has 21 heavy (non-hydrogen) atoms. The summed E-state index contributed by atoms with van der Waals surface area (Å²) in [7, 11) is 0. The molecule has 0 radical (unpaired) electrons. The molecular formula is C15H14F2N2O2. The van der Waals surface area contributed by atoms with Crippen LogP contribution in [0.15, 0.2) is 42.5 Å². The highest BCUT2D eigenvalue weighted by atomic mass is 19.1. The first-order valence-electron chi connectivity index (χ1n) is 6.28. The highest BCUT2D eigenvalue weighted by Crippen LogP contribution is 2.19. The molecule has 110 valence electrons. The van der Waals surface area contributed by atoms with Crippen LogP contribution >= 0.6 is 0 Å². The molecule has 0 aliphatic carbocycles. The third kappa shape index (κ3) is 4.17.